The number of aromatic nitrogens is 1. The number of hydrogen-bond acceptors (Lipinski definition) is 4. The number of hydrogen-bond donors (Lipinski definition) is 1. The molecule has 25 heavy (non-hydrogen) atoms. The first kappa shape index (κ1) is 13.8. The van der Waals surface area contributed by atoms with Crippen LogP contribution in [0.3, 0.4) is 0 Å². The van der Waals surface area contributed by atoms with Gasteiger partial charge in [0.15, 0.2) is 0 Å². The zero-order chi connectivity index (χ0) is 17.1. The molecule has 0 saturated heterocycles. The maximum absolute atomic E-state index is 12.2. The molecule has 1 aliphatic rings. The molecular formula is C20H10N2O3. The van der Waals surface area contributed by atoms with Gasteiger partial charge in [0.05, 0.1) is 11.1 Å². The second-order valence-corrected chi connectivity index (χ2v) is 6.05. The van der Waals surface area contributed by atoms with Crippen molar-refractivity contribution >= 4 is 55.7 Å². The molecule has 0 fully saturated rings. The molecule has 4 aromatic rings. The van der Waals surface area contributed by atoms with Crippen molar-refractivity contribution in [1.82, 2.24) is 4.98 Å². The van der Waals surface area contributed by atoms with Crippen LogP contribution in [-0.2, 0) is 9.59 Å². The third kappa shape index (κ3) is 1.89. The van der Waals surface area contributed by atoms with Crippen molar-refractivity contribution in [1.29, 1.82) is 0 Å². The molecule has 0 aliphatic carbocycles. The van der Waals surface area contributed by atoms with Crippen molar-refractivity contribution < 1.29 is 14.4 Å². The van der Waals surface area contributed by atoms with Gasteiger partial charge in [-0.3, -0.25) is 14.4 Å². The van der Waals surface area contributed by atoms with Gasteiger partial charge >= 0.3 is 5.91 Å². The quantitative estimate of drug-likeness (QED) is 0.306. The molecule has 3 aromatic carbocycles. The number of nitrogens with zero attached hydrogens (tertiary/aromatic N) is 1. The van der Waals surface area contributed by atoms with Gasteiger partial charge in [0.2, 0.25) is 5.78 Å². The minimum Gasteiger partial charge on any atom is -0.303 e. The van der Waals surface area contributed by atoms with Gasteiger partial charge in [-0.1, -0.05) is 30.3 Å². The van der Waals surface area contributed by atoms with Crippen molar-refractivity contribution in [3.8, 4) is 0 Å². The highest BCUT2D eigenvalue weighted by Gasteiger charge is 2.33. The topological polar surface area (TPSA) is 76.1 Å². The van der Waals surface area contributed by atoms with Gasteiger partial charge in [-0.05, 0) is 45.8 Å². The molecule has 0 bridgehead atoms. The summed E-state index contributed by atoms with van der Waals surface area (Å²) in [6.07, 6.45) is 0. The largest absolute Gasteiger partial charge is 0.303 e. The standard InChI is InChI=1S/C20H10N2O3/c23-17-15-9-14-13-8-11-4-2-1-3-10(11)7-12(13)5-6-16(14)21-19(15)22-20(25)18(17)24/h1-9H,(H,21,22,25). The maximum atomic E-state index is 12.2. The van der Waals surface area contributed by atoms with E-state index in [4.69, 9.17) is 0 Å². The molecule has 5 rings (SSSR count). The number of fused-ring (bicyclic) bond motifs is 5. The molecule has 0 unspecified atom stereocenters. The van der Waals surface area contributed by atoms with Gasteiger partial charge in [-0.15, -0.1) is 0 Å². The van der Waals surface area contributed by atoms with Crippen LogP contribution in [0.2, 0.25) is 0 Å². The molecule has 5 nitrogen and oxygen atoms in total. The third-order valence-electron chi connectivity index (χ3n) is 4.57. The molecule has 0 radical (unpaired) electrons. The van der Waals surface area contributed by atoms with E-state index in [1.165, 1.54) is 0 Å². The van der Waals surface area contributed by atoms with Crippen LogP contribution in [-0.4, -0.2) is 22.5 Å². The summed E-state index contributed by atoms with van der Waals surface area (Å²) in [5.41, 5.74) is 0.793. The Morgan fingerprint density at radius 2 is 1.48 bits per heavy atom. The van der Waals surface area contributed by atoms with E-state index in [0.29, 0.717) is 5.52 Å². The fourth-order valence-electron chi connectivity index (χ4n) is 3.33. The fraction of sp³-hybridized carbons (Fsp3) is 0. The van der Waals surface area contributed by atoms with E-state index in [1.54, 1.807) is 6.07 Å². The van der Waals surface area contributed by atoms with E-state index in [9.17, 15) is 14.4 Å². The van der Waals surface area contributed by atoms with Crippen LogP contribution in [0.5, 0.6) is 0 Å². The molecule has 2 heterocycles. The SMILES string of the molecule is O=C1Nc2nc3ccc4cc5ccccc5cc4c3cc2C(=O)C1=O. The smallest absolute Gasteiger partial charge is 0.301 e. The van der Waals surface area contributed by atoms with Crippen molar-refractivity contribution in [3.63, 3.8) is 0 Å². The number of ketones is 2. The summed E-state index contributed by atoms with van der Waals surface area (Å²) in [4.78, 5) is 39.8. The highest BCUT2D eigenvalue weighted by molar-refractivity contribution is 6.70. The number of carbonyl (C=O) groups excluding carboxylic acids is 3. The Hall–Kier alpha value is -3.60. The second-order valence-electron chi connectivity index (χ2n) is 6.05. The third-order valence-corrected chi connectivity index (χ3v) is 4.57. The average Bonchev–Trinajstić information content (AvgIpc) is 2.63. The first-order valence-corrected chi connectivity index (χ1v) is 7.78. The fourth-order valence-corrected chi connectivity index (χ4v) is 3.33. The number of carbonyl (C=O) groups is 3. The number of pyridine rings is 1. The Morgan fingerprint density at radius 3 is 2.28 bits per heavy atom. The van der Waals surface area contributed by atoms with E-state index >= 15 is 0 Å². The Balaban J connectivity index is 1.89. The highest BCUT2D eigenvalue weighted by atomic mass is 16.2. The maximum Gasteiger partial charge on any atom is 0.301 e. The number of rotatable bonds is 0. The lowest BCUT2D eigenvalue weighted by Crippen LogP contribution is -2.36. The zero-order valence-corrected chi connectivity index (χ0v) is 12.9. The van der Waals surface area contributed by atoms with Crippen LogP contribution < -0.4 is 5.32 Å². The minimum absolute atomic E-state index is 0.137. The number of anilines is 1. The molecule has 0 saturated carbocycles. The van der Waals surface area contributed by atoms with E-state index < -0.39 is 17.5 Å². The van der Waals surface area contributed by atoms with Crippen molar-refractivity contribution in [2.24, 2.45) is 0 Å². The Kier molecular flexibility index (Phi) is 2.60. The van der Waals surface area contributed by atoms with Crippen molar-refractivity contribution in [2.45, 2.75) is 0 Å². The number of nitrogens with one attached hydrogen (secondary N) is 1. The lowest BCUT2D eigenvalue weighted by Gasteiger charge is -2.15. The monoisotopic (exact) mass is 326 g/mol. The van der Waals surface area contributed by atoms with E-state index in [0.717, 1.165) is 26.9 Å². The van der Waals surface area contributed by atoms with E-state index in [-0.39, 0.29) is 11.4 Å². The lowest BCUT2D eigenvalue weighted by atomic mass is 9.97. The first-order valence-electron chi connectivity index (χ1n) is 7.78. The molecule has 118 valence electrons. The van der Waals surface area contributed by atoms with Gasteiger partial charge in [-0.25, -0.2) is 4.98 Å². The van der Waals surface area contributed by atoms with E-state index in [1.807, 2.05) is 36.4 Å². The first-order chi connectivity index (χ1) is 12.1. The van der Waals surface area contributed by atoms with Crippen LogP contribution in [0.4, 0.5) is 5.82 Å². The predicted octanol–water partition coefficient (Wildman–Crippen LogP) is 3.25. The summed E-state index contributed by atoms with van der Waals surface area (Å²) in [5.74, 6) is -2.66. The summed E-state index contributed by atoms with van der Waals surface area (Å²) in [6.45, 7) is 0. The molecular weight excluding hydrogens is 316 g/mol. The summed E-state index contributed by atoms with van der Waals surface area (Å²) < 4.78 is 0. The Bertz CT molecular complexity index is 1270. The molecule has 1 aromatic heterocycles. The number of Topliss-reactive ketones (excluding diaryl/α,β-unsaturated/α-hetero) is 2. The highest BCUT2D eigenvalue weighted by Crippen LogP contribution is 2.32. The van der Waals surface area contributed by atoms with Crippen LogP contribution in [0.25, 0.3) is 32.4 Å². The van der Waals surface area contributed by atoms with Crippen LogP contribution >= 0.6 is 0 Å². The van der Waals surface area contributed by atoms with Gasteiger partial charge in [-0.2, -0.15) is 0 Å². The van der Waals surface area contributed by atoms with Crippen molar-refractivity contribution in [2.75, 3.05) is 5.32 Å². The molecule has 1 aliphatic heterocycles. The van der Waals surface area contributed by atoms with Crippen molar-refractivity contribution in [3.05, 3.63) is 60.2 Å². The lowest BCUT2D eigenvalue weighted by molar-refractivity contribution is -0.132. The van der Waals surface area contributed by atoms with Gasteiger partial charge < -0.3 is 5.32 Å². The second kappa shape index (κ2) is 4.70. The summed E-state index contributed by atoms with van der Waals surface area (Å²) in [5, 5.41) is 7.34. The van der Waals surface area contributed by atoms with Gasteiger partial charge in [0.1, 0.15) is 5.82 Å². The van der Waals surface area contributed by atoms with Gasteiger partial charge in [0, 0.05) is 5.39 Å². The van der Waals surface area contributed by atoms with Crippen LogP contribution in [0, 0.1) is 0 Å². The zero-order valence-electron chi connectivity index (χ0n) is 12.9. The molecule has 1 N–H and O–H groups in total. The molecule has 5 heteroatoms. The average molecular weight is 326 g/mol. The molecule has 1 amide bonds. The normalized spacial score (nSPS) is 14.2. The summed E-state index contributed by atoms with van der Waals surface area (Å²) in [7, 11) is 0. The van der Waals surface area contributed by atoms with E-state index in [2.05, 4.69) is 22.4 Å². The summed E-state index contributed by atoms with van der Waals surface area (Å²) in [6, 6.07) is 17.6. The molecule has 0 spiro atoms. The van der Waals surface area contributed by atoms with Crippen LogP contribution in [0.15, 0.2) is 54.6 Å². The Morgan fingerprint density at radius 1 is 0.720 bits per heavy atom. The summed E-state index contributed by atoms with van der Waals surface area (Å²) >= 11 is 0. The Labute approximate surface area is 141 Å². The predicted molar refractivity (Wildman–Crippen MR) is 94.7 cm³/mol. The number of benzene rings is 3. The van der Waals surface area contributed by atoms with Gasteiger partial charge in [0.25, 0.3) is 5.78 Å². The molecule has 0 atom stereocenters. The minimum atomic E-state index is -1.06. The van der Waals surface area contributed by atoms with Crippen LogP contribution in [0.1, 0.15) is 10.4 Å². The number of amides is 1.